The molecule has 0 fully saturated rings. The standard InChI is InChI=1S/C11H8BrF3O/c12-5-1-2-8-3-4-10(11(13,14)15)6-9(8)7-16/h1-4,6-7H,5H2. The average Bonchev–Trinajstić information content (AvgIpc) is 2.24. The summed E-state index contributed by atoms with van der Waals surface area (Å²) in [6.07, 6.45) is -0.702. The summed E-state index contributed by atoms with van der Waals surface area (Å²) in [5.74, 6) is 0. The first-order chi connectivity index (χ1) is 7.49. The number of carbonyl (C=O) groups is 1. The molecule has 0 radical (unpaired) electrons. The molecule has 0 aromatic heterocycles. The summed E-state index contributed by atoms with van der Waals surface area (Å²) >= 11 is 3.14. The molecule has 0 aliphatic carbocycles. The van der Waals surface area contributed by atoms with Crippen LogP contribution in [0.1, 0.15) is 21.5 Å². The second-order valence-electron chi connectivity index (χ2n) is 3.02. The molecule has 0 unspecified atom stereocenters. The summed E-state index contributed by atoms with van der Waals surface area (Å²) in [4.78, 5) is 10.7. The van der Waals surface area contributed by atoms with Gasteiger partial charge >= 0.3 is 6.18 Å². The van der Waals surface area contributed by atoms with Crippen molar-refractivity contribution in [3.63, 3.8) is 0 Å². The summed E-state index contributed by atoms with van der Waals surface area (Å²) in [6, 6.07) is 3.09. The van der Waals surface area contributed by atoms with Crippen molar-refractivity contribution in [3.8, 4) is 0 Å². The fourth-order valence-corrected chi connectivity index (χ4v) is 1.36. The van der Waals surface area contributed by atoms with Gasteiger partial charge in [-0.1, -0.05) is 34.1 Å². The Morgan fingerprint density at radius 1 is 1.25 bits per heavy atom. The summed E-state index contributed by atoms with van der Waals surface area (Å²) in [5, 5.41) is 0.576. The van der Waals surface area contributed by atoms with Gasteiger partial charge in [-0.25, -0.2) is 0 Å². The Hall–Kier alpha value is -1.10. The summed E-state index contributed by atoms with van der Waals surface area (Å²) in [5.41, 5.74) is -0.305. The van der Waals surface area contributed by atoms with Crippen molar-refractivity contribution in [1.82, 2.24) is 0 Å². The van der Waals surface area contributed by atoms with E-state index in [0.29, 0.717) is 17.2 Å². The number of rotatable bonds is 3. The van der Waals surface area contributed by atoms with Crippen LogP contribution in [0.4, 0.5) is 13.2 Å². The summed E-state index contributed by atoms with van der Waals surface area (Å²) in [7, 11) is 0. The first-order valence-corrected chi connectivity index (χ1v) is 5.50. The highest BCUT2D eigenvalue weighted by atomic mass is 79.9. The van der Waals surface area contributed by atoms with E-state index in [2.05, 4.69) is 15.9 Å². The molecule has 1 aromatic carbocycles. The molecule has 0 amide bonds. The van der Waals surface area contributed by atoms with Gasteiger partial charge in [-0.3, -0.25) is 4.79 Å². The molecule has 16 heavy (non-hydrogen) atoms. The van der Waals surface area contributed by atoms with Gasteiger partial charge in [0.25, 0.3) is 0 Å². The van der Waals surface area contributed by atoms with E-state index in [-0.39, 0.29) is 5.56 Å². The highest BCUT2D eigenvalue weighted by Gasteiger charge is 2.30. The molecular formula is C11H8BrF3O. The smallest absolute Gasteiger partial charge is 0.298 e. The Morgan fingerprint density at radius 3 is 2.44 bits per heavy atom. The first-order valence-electron chi connectivity index (χ1n) is 4.38. The first kappa shape index (κ1) is 13.0. The average molecular weight is 293 g/mol. The summed E-state index contributed by atoms with van der Waals surface area (Å²) < 4.78 is 37.0. The van der Waals surface area contributed by atoms with Gasteiger partial charge in [0.1, 0.15) is 0 Å². The SMILES string of the molecule is O=Cc1cc(C(F)(F)F)ccc1C=CCBr. The number of benzene rings is 1. The maximum atomic E-state index is 12.3. The van der Waals surface area contributed by atoms with E-state index < -0.39 is 11.7 Å². The molecule has 0 aliphatic rings. The molecular weight excluding hydrogens is 285 g/mol. The fourth-order valence-electron chi connectivity index (χ4n) is 1.18. The highest BCUT2D eigenvalue weighted by molar-refractivity contribution is 9.09. The van der Waals surface area contributed by atoms with Crippen molar-refractivity contribution in [2.45, 2.75) is 6.18 Å². The molecule has 0 saturated heterocycles. The molecule has 5 heteroatoms. The third kappa shape index (κ3) is 3.20. The monoisotopic (exact) mass is 292 g/mol. The highest BCUT2D eigenvalue weighted by Crippen LogP contribution is 2.30. The molecule has 0 bridgehead atoms. The number of halogens is 4. The van der Waals surface area contributed by atoms with E-state index in [1.165, 1.54) is 6.07 Å². The Kier molecular flexibility index (Phi) is 4.29. The van der Waals surface area contributed by atoms with E-state index in [1.54, 1.807) is 12.2 Å². The largest absolute Gasteiger partial charge is 0.416 e. The van der Waals surface area contributed by atoms with Crippen LogP contribution in [0.5, 0.6) is 0 Å². The molecule has 86 valence electrons. The third-order valence-electron chi connectivity index (χ3n) is 1.93. The Bertz CT molecular complexity index is 410. The maximum Gasteiger partial charge on any atom is 0.416 e. The summed E-state index contributed by atoms with van der Waals surface area (Å²) in [6.45, 7) is 0. The van der Waals surface area contributed by atoms with Crippen LogP contribution in [0.25, 0.3) is 6.08 Å². The Morgan fingerprint density at radius 2 is 1.94 bits per heavy atom. The van der Waals surface area contributed by atoms with Crippen molar-refractivity contribution >= 4 is 28.3 Å². The van der Waals surface area contributed by atoms with Gasteiger partial charge < -0.3 is 0 Å². The van der Waals surface area contributed by atoms with Crippen LogP contribution in [0.15, 0.2) is 24.3 Å². The lowest BCUT2D eigenvalue weighted by atomic mass is 10.0. The van der Waals surface area contributed by atoms with Crippen LogP contribution >= 0.6 is 15.9 Å². The predicted octanol–water partition coefficient (Wildman–Crippen LogP) is 3.93. The van der Waals surface area contributed by atoms with Crippen LogP contribution in [0.2, 0.25) is 0 Å². The van der Waals surface area contributed by atoms with Gasteiger partial charge in [0, 0.05) is 10.9 Å². The van der Waals surface area contributed by atoms with Crippen molar-refractivity contribution < 1.29 is 18.0 Å². The van der Waals surface area contributed by atoms with Crippen molar-refractivity contribution in [1.29, 1.82) is 0 Å². The quantitative estimate of drug-likeness (QED) is 0.609. The molecule has 0 atom stereocenters. The predicted molar refractivity (Wildman–Crippen MR) is 59.7 cm³/mol. The molecule has 0 heterocycles. The van der Waals surface area contributed by atoms with E-state index in [4.69, 9.17) is 0 Å². The number of hydrogen-bond acceptors (Lipinski definition) is 1. The lowest BCUT2D eigenvalue weighted by Crippen LogP contribution is -2.05. The zero-order valence-corrected chi connectivity index (χ0v) is 9.68. The molecule has 0 saturated carbocycles. The second kappa shape index (κ2) is 5.30. The van der Waals surface area contributed by atoms with Gasteiger partial charge in [-0.15, -0.1) is 0 Å². The van der Waals surface area contributed by atoms with Gasteiger partial charge in [-0.05, 0) is 17.7 Å². The molecule has 0 spiro atoms. The van der Waals surface area contributed by atoms with Crippen LogP contribution in [0, 0.1) is 0 Å². The molecule has 0 aliphatic heterocycles. The van der Waals surface area contributed by atoms with Gasteiger partial charge in [0.05, 0.1) is 5.56 Å². The van der Waals surface area contributed by atoms with E-state index in [1.807, 2.05) is 0 Å². The number of carbonyl (C=O) groups excluding carboxylic acids is 1. The fraction of sp³-hybridized carbons (Fsp3) is 0.182. The number of aldehydes is 1. The lowest BCUT2D eigenvalue weighted by molar-refractivity contribution is -0.137. The number of hydrogen-bond donors (Lipinski definition) is 0. The molecule has 1 nitrogen and oxygen atoms in total. The Balaban J connectivity index is 3.17. The topological polar surface area (TPSA) is 17.1 Å². The van der Waals surface area contributed by atoms with Crippen molar-refractivity contribution in [2.75, 3.05) is 5.33 Å². The van der Waals surface area contributed by atoms with Crippen LogP contribution in [-0.2, 0) is 6.18 Å². The zero-order valence-electron chi connectivity index (χ0n) is 8.09. The van der Waals surface area contributed by atoms with Crippen molar-refractivity contribution in [3.05, 3.63) is 41.0 Å². The van der Waals surface area contributed by atoms with Crippen molar-refractivity contribution in [2.24, 2.45) is 0 Å². The van der Waals surface area contributed by atoms with Crippen LogP contribution in [0.3, 0.4) is 0 Å². The van der Waals surface area contributed by atoms with Crippen LogP contribution < -0.4 is 0 Å². The minimum Gasteiger partial charge on any atom is -0.298 e. The van der Waals surface area contributed by atoms with Crippen LogP contribution in [-0.4, -0.2) is 11.6 Å². The Labute approximate surface area is 99.1 Å². The minimum absolute atomic E-state index is 0.0343. The lowest BCUT2D eigenvalue weighted by Gasteiger charge is -2.08. The molecule has 0 N–H and O–H groups in total. The number of alkyl halides is 4. The normalized spacial score (nSPS) is 12.0. The van der Waals surface area contributed by atoms with E-state index in [0.717, 1.165) is 12.1 Å². The maximum absolute atomic E-state index is 12.3. The van der Waals surface area contributed by atoms with Gasteiger partial charge in [0.15, 0.2) is 6.29 Å². The van der Waals surface area contributed by atoms with Gasteiger partial charge in [-0.2, -0.15) is 13.2 Å². The van der Waals surface area contributed by atoms with E-state index in [9.17, 15) is 18.0 Å². The molecule has 1 aromatic rings. The molecule has 1 rings (SSSR count). The zero-order chi connectivity index (χ0) is 12.2. The third-order valence-corrected chi connectivity index (χ3v) is 2.30. The second-order valence-corrected chi connectivity index (χ2v) is 3.66. The van der Waals surface area contributed by atoms with Gasteiger partial charge in [0.2, 0.25) is 0 Å². The van der Waals surface area contributed by atoms with E-state index >= 15 is 0 Å². The minimum atomic E-state index is -4.42. The number of allylic oxidation sites excluding steroid dienone is 1.